The highest BCUT2D eigenvalue weighted by Crippen LogP contribution is 2.22. The number of aromatic nitrogens is 1. The van der Waals surface area contributed by atoms with E-state index in [0.29, 0.717) is 12.1 Å². The number of anilines is 3. The Balaban J connectivity index is 1.33. The summed E-state index contributed by atoms with van der Waals surface area (Å²) < 4.78 is 0. The minimum atomic E-state index is -0.200. The molecule has 6 heteroatoms. The van der Waals surface area contributed by atoms with Crippen molar-refractivity contribution in [1.29, 1.82) is 0 Å². The van der Waals surface area contributed by atoms with Crippen LogP contribution in [0.4, 0.5) is 17.2 Å². The van der Waals surface area contributed by atoms with Gasteiger partial charge in [0, 0.05) is 37.8 Å². The van der Waals surface area contributed by atoms with Crippen molar-refractivity contribution >= 4 is 35.1 Å². The Kier molecular flexibility index (Phi) is 5.37. The predicted octanol–water partition coefficient (Wildman–Crippen LogP) is 3.46. The van der Waals surface area contributed by atoms with E-state index < -0.39 is 0 Å². The van der Waals surface area contributed by atoms with Gasteiger partial charge in [-0.1, -0.05) is 12.1 Å². The lowest BCUT2D eigenvalue weighted by Crippen LogP contribution is -2.23. The van der Waals surface area contributed by atoms with Crippen LogP contribution in [-0.4, -0.2) is 36.4 Å². The van der Waals surface area contributed by atoms with Crippen molar-refractivity contribution < 1.29 is 9.59 Å². The number of hydrogen-bond acceptors (Lipinski definition) is 4. The number of nitrogens with one attached hydrogen (secondary N) is 1. The van der Waals surface area contributed by atoms with Gasteiger partial charge in [0.2, 0.25) is 11.8 Å². The third-order valence-electron chi connectivity index (χ3n) is 5.15. The van der Waals surface area contributed by atoms with Crippen molar-refractivity contribution in [3.63, 3.8) is 0 Å². The summed E-state index contributed by atoms with van der Waals surface area (Å²) in [6.45, 7) is 2.87. The molecule has 6 nitrogen and oxygen atoms in total. The number of pyridine rings is 1. The maximum atomic E-state index is 12.2. The lowest BCUT2D eigenvalue weighted by atomic mass is 10.2. The summed E-state index contributed by atoms with van der Waals surface area (Å²) >= 11 is 0. The first kappa shape index (κ1) is 18.2. The third kappa shape index (κ3) is 4.22. The van der Waals surface area contributed by atoms with E-state index in [1.165, 1.54) is 18.9 Å². The summed E-state index contributed by atoms with van der Waals surface area (Å²) in [6, 6.07) is 11.5. The Hall–Kier alpha value is -3.15. The molecular formula is C22H24N4O2. The first-order valence-corrected chi connectivity index (χ1v) is 9.79. The maximum Gasteiger partial charge on any atom is 0.248 e. The van der Waals surface area contributed by atoms with Crippen LogP contribution in [0.5, 0.6) is 0 Å². The molecule has 144 valence electrons. The van der Waals surface area contributed by atoms with Crippen molar-refractivity contribution in [3.8, 4) is 0 Å². The first-order chi connectivity index (χ1) is 13.7. The molecule has 0 atom stereocenters. The fraction of sp³-hybridized carbons (Fsp3) is 0.318. The van der Waals surface area contributed by atoms with E-state index in [0.717, 1.165) is 43.1 Å². The van der Waals surface area contributed by atoms with Crippen LogP contribution in [-0.2, 0) is 9.59 Å². The highest BCUT2D eigenvalue weighted by molar-refractivity contribution is 6.02. The molecule has 1 aromatic heterocycles. The van der Waals surface area contributed by atoms with Gasteiger partial charge in [0.15, 0.2) is 0 Å². The largest absolute Gasteiger partial charge is 0.357 e. The number of amides is 2. The molecule has 4 rings (SSSR count). The molecule has 0 saturated carbocycles. The molecule has 2 aliphatic heterocycles. The van der Waals surface area contributed by atoms with Crippen molar-refractivity contribution in [2.45, 2.75) is 25.7 Å². The second-order valence-corrected chi connectivity index (χ2v) is 7.16. The summed E-state index contributed by atoms with van der Waals surface area (Å²) in [5, 5.41) is 2.83. The molecule has 0 bridgehead atoms. The standard InChI is InChI=1S/C22H24N4O2/c27-21(24-18-8-11-20(23-16-18)25-13-1-2-14-25)12-7-17-5-9-19(10-6-17)26-15-3-4-22(26)28/h5-12,16H,1-4,13-15H2,(H,24,27)/b12-7+. The van der Waals surface area contributed by atoms with Crippen LogP contribution in [0.1, 0.15) is 31.2 Å². The second kappa shape index (κ2) is 8.25. The van der Waals surface area contributed by atoms with Gasteiger partial charge in [-0.25, -0.2) is 4.98 Å². The molecule has 2 aromatic rings. The zero-order chi connectivity index (χ0) is 19.3. The van der Waals surface area contributed by atoms with Gasteiger partial charge in [-0.3, -0.25) is 9.59 Å². The monoisotopic (exact) mass is 376 g/mol. The fourth-order valence-electron chi connectivity index (χ4n) is 3.64. The molecule has 2 saturated heterocycles. The van der Waals surface area contributed by atoms with Crippen molar-refractivity contribution in [2.24, 2.45) is 0 Å². The quantitative estimate of drug-likeness (QED) is 0.812. The lowest BCUT2D eigenvalue weighted by Gasteiger charge is -2.16. The summed E-state index contributed by atoms with van der Waals surface area (Å²) in [6.07, 6.45) is 8.91. The van der Waals surface area contributed by atoms with Crippen LogP contribution in [0.2, 0.25) is 0 Å². The highest BCUT2D eigenvalue weighted by Gasteiger charge is 2.21. The molecule has 0 aliphatic carbocycles. The van der Waals surface area contributed by atoms with E-state index in [4.69, 9.17) is 0 Å². The average Bonchev–Trinajstić information content (AvgIpc) is 3.39. The number of carbonyl (C=O) groups is 2. The van der Waals surface area contributed by atoms with Crippen LogP contribution < -0.4 is 15.1 Å². The zero-order valence-corrected chi connectivity index (χ0v) is 15.8. The topological polar surface area (TPSA) is 65.5 Å². The van der Waals surface area contributed by atoms with Gasteiger partial charge in [0.05, 0.1) is 11.9 Å². The van der Waals surface area contributed by atoms with Crippen LogP contribution in [0.3, 0.4) is 0 Å². The van der Waals surface area contributed by atoms with Gasteiger partial charge >= 0.3 is 0 Å². The van der Waals surface area contributed by atoms with Crippen LogP contribution >= 0.6 is 0 Å². The molecule has 1 aromatic carbocycles. The van der Waals surface area contributed by atoms with Gasteiger partial charge in [-0.15, -0.1) is 0 Å². The van der Waals surface area contributed by atoms with E-state index in [-0.39, 0.29) is 11.8 Å². The fourth-order valence-corrected chi connectivity index (χ4v) is 3.64. The molecule has 2 amide bonds. The number of nitrogens with zero attached hydrogens (tertiary/aromatic N) is 3. The Bertz CT molecular complexity index is 868. The van der Waals surface area contributed by atoms with E-state index in [1.54, 1.807) is 17.2 Å². The van der Waals surface area contributed by atoms with Gasteiger partial charge in [-0.05, 0) is 55.2 Å². The minimum absolute atomic E-state index is 0.173. The molecule has 1 N–H and O–H groups in total. The minimum Gasteiger partial charge on any atom is -0.357 e. The molecule has 0 radical (unpaired) electrons. The van der Waals surface area contributed by atoms with Gasteiger partial charge in [0.1, 0.15) is 5.82 Å². The van der Waals surface area contributed by atoms with Crippen molar-refractivity contribution in [3.05, 3.63) is 54.2 Å². The van der Waals surface area contributed by atoms with E-state index in [2.05, 4.69) is 15.2 Å². The van der Waals surface area contributed by atoms with Gasteiger partial charge < -0.3 is 15.1 Å². The Morgan fingerprint density at radius 2 is 1.79 bits per heavy atom. The molecule has 0 spiro atoms. The summed E-state index contributed by atoms with van der Waals surface area (Å²) in [5.41, 5.74) is 2.50. The van der Waals surface area contributed by atoms with Crippen LogP contribution in [0.25, 0.3) is 6.08 Å². The predicted molar refractivity (Wildman–Crippen MR) is 111 cm³/mol. The average molecular weight is 376 g/mol. The molecule has 2 fully saturated rings. The van der Waals surface area contributed by atoms with Crippen molar-refractivity contribution in [1.82, 2.24) is 4.98 Å². The SMILES string of the molecule is O=C(/C=C/c1ccc(N2CCCC2=O)cc1)Nc1ccc(N2CCCC2)nc1. The highest BCUT2D eigenvalue weighted by atomic mass is 16.2. The summed E-state index contributed by atoms with van der Waals surface area (Å²) in [7, 11) is 0. The smallest absolute Gasteiger partial charge is 0.248 e. The molecule has 0 unspecified atom stereocenters. The van der Waals surface area contributed by atoms with Crippen LogP contribution in [0, 0.1) is 0 Å². The summed E-state index contributed by atoms with van der Waals surface area (Å²) in [4.78, 5) is 32.5. The number of hydrogen-bond donors (Lipinski definition) is 1. The van der Waals surface area contributed by atoms with Crippen molar-refractivity contribution in [2.75, 3.05) is 34.8 Å². The molecule has 3 heterocycles. The lowest BCUT2D eigenvalue weighted by molar-refractivity contribution is -0.117. The number of rotatable bonds is 5. The normalized spacial score (nSPS) is 16.9. The van der Waals surface area contributed by atoms with Gasteiger partial charge in [0.25, 0.3) is 0 Å². The number of benzene rings is 1. The van der Waals surface area contributed by atoms with E-state index in [1.807, 2.05) is 36.4 Å². The Morgan fingerprint density at radius 3 is 2.43 bits per heavy atom. The first-order valence-electron chi connectivity index (χ1n) is 9.79. The molecule has 2 aliphatic rings. The second-order valence-electron chi connectivity index (χ2n) is 7.16. The number of carbonyl (C=O) groups excluding carboxylic acids is 2. The Labute approximate surface area is 164 Å². The Morgan fingerprint density at radius 1 is 1.00 bits per heavy atom. The van der Waals surface area contributed by atoms with E-state index >= 15 is 0 Å². The van der Waals surface area contributed by atoms with Crippen LogP contribution in [0.15, 0.2) is 48.7 Å². The van der Waals surface area contributed by atoms with E-state index in [9.17, 15) is 9.59 Å². The summed E-state index contributed by atoms with van der Waals surface area (Å²) in [5.74, 6) is 0.934. The third-order valence-corrected chi connectivity index (χ3v) is 5.15. The maximum absolute atomic E-state index is 12.2. The molecular weight excluding hydrogens is 352 g/mol. The van der Waals surface area contributed by atoms with Gasteiger partial charge in [-0.2, -0.15) is 0 Å². The zero-order valence-electron chi connectivity index (χ0n) is 15.8. The molecule has 28 heavy (non-hydrogen) atoms.